The predicted octanol–water partition coefficient (Wildman–Crippen LogP) is 3.99. The molecule has 3 heterocycles. The van der Waals surface area contributed by atoms with Gasteiger partial charge in [-0.2, -0.15) is 5.26 Å². The summed E-state index contributed by atoms with van der Waals surface area (Å²) in [6.45, 7) is 5.19. The van der Waals surface area contributed by atoms with Crippen LogP contribution in [0.15, 0.2) is 42.7 Å². The van der Waals surface area contributed by atoms with Gasteiger partial charge in [-0.05, 0) is 44.8 Å². The molecule has 0 fully saturated rings. The van der Waals surface area contributed by atoms with Gasteiger partial charge in [0.05, 0.1) is 40.9 Å². The molecule has 5 rings (SSSR count). The van der Waals surface area contributed by atoms with Crippen molar-refractivity contribution in [3.8, 4) is 23.1 Å². The third-order valence-electron chi connectivity index (χ3n) is 6.53. The first-order chi connectivity index (χ1) is 17.4. The molecule has 1 aliphatic rings. The van der Waals surface area contributed by atoms with Crippen molar-refractivity contribution < 1.29 is 4.74 Å². The standard InChI is InChI=1S/C27H30N8O/c1-17-12-23(34(4)9-8-33(2)3)21(29)13-22(17)31-27-30-15-18(14-28)25(32-27)20-16-35-10-11-36-24-7-5-6-19(20)26(24)35/h5-7,12-13,15-16H,8-11,29H2,1-4H3,(H,30,31,32). The van der Waals surface area contributed by atoms with Gasteiger partial charge in [0.2, 0.25) is 5.95 Å². The van der Waals surface area contributed by atoms with E-state index in [0.717, 1.165) is 58.8 Å². The van der Waals surface area contributed by atoms with Gasteiger partial charge in [-0.15, -0.1) is 0 Å². The Morgan fingerprint density at radius 2 is 2.06 bits per heavy atom. The van der Waals surface area contributed by atoms with E-state index in [1.807, 2.05) is 44.4 Å². The number of nitriles is 1. The smallest absolute Gasteiger partial charge is 0.227 e. The average molecular weight is 483 g/mol. The van der Waals surface area contributed by atoms with Gasteiger partial charge in [0.25, 0.3) is 0 Å². The Labute approximate surface area is 210 Å². The number of nitrogens with zero attached hydrogens (tertiary/aromatic N) is 6. The molecule has 0 amide bonds. The van der Waals surface area contributed by atoms with E-state index in [-0.39, 0.29) is 0 Å². The highest BCUT2D eigenvalue weighted by molar-refractivity contribution is 5.99. The Morgan fingerprint density at radius 3 is 2.83 bits per heavy atom. The maximum Gasteiger partial charge on any atom is 0.227 e. The largest absolute Gasteiger partial charge is 0.490 e. The molecular weight excluding hydrogens is 452 g/mol. The molecule has 9 heteroatoms. The molecule has 3 N–H and O–H groups in total. The quantitative estimate of drug-likeness (QED) is 0.381. The molecule has 0 unspecified atom stereocenters. The van der Waals surface area contributed by atoms with Gasteiger partial charge < -0.3 is 30.2 Å². The molecule has 9 nitrogen and oxygen atoms in total. The van der Waals surface area contributed by atoms with Crippen molar-refractivity contribution in [3.05, 3.63) is 53.9 Å². The molecule has 4 aromatic rings. The zero-order valence-electron chi connectivity index (χ0n) is 21.0. The number of benzene rings is 2. The minimum Gasteiger partial charge on any atom is -0.490 e. The van der Waals surface area contributed by atoms with Crippen LogP contribution in [-0.4, -0.2) is 60.3 Å². The number of hydrogen-bond donors (Lipinski definition) is 2. The molecule has 1 aliphatic heterocycles. The van der Waals surface area contributed by atoms with Crippen LogP contribution in [-0.2, 0) is 6.54 Å². The lowest BCUT2D eigenvalue weighted by Gasteiger charge is -2.24. The summed E-state index contributed by atoms with van der Waals surface area (Å²) in [6, 6.07) is 12.2. The number of aryl methyl sites for hydroxylation is 1. The van der Waals surface area contributed by atoms with Crippen LogP contribution in [0.25, 0.3) is 22.2 Å². The molecule has 0 radical (unpaired) electrons. The molecule has 2 aromatic heterocycles. The lowest BCUT2D eigenvalue weighted by molar-refractivity contribution is 0.287. The first-order valence-corrected chi connectivity index (χ1v) is 11.9. The summed E-state index contributed by atoms with van der Waals surface area (Å²) in [5.74, 6) is 1.25. The molecule has 0 bridgehead atoms. The van der Waals surface area contributed by atoms with Crippen LogP contribution < -0.4 is 20.7 Å². The molecule has 0 spiro atoms. The minimum absolute atomic E-state index is 0.406. The summed E-state index contributed by atoms with van der Waals surface area (Å²) in [5.41, 5.74) is 12.8. The zero-order chi connectivity index (χ0) is 25.4. The van der Waals surface area contributed by atoms with Crippen molar-refractivity contribution in [2.24, 2.45) is 0 Å². The molecule has 36 heavy (non-hydrogen) atoms. The van der Waals surface area contributed by atoms with Crippen LogP contribution in [0.4, 0.5) is 23.0 Å². The number of rotatable bonds is 7. The summed E-state index contributed by atoms with van der Waals surface area (Å²) >= 11 is 0. The summed E-state index contributed by atoms with van der Waals surface area (Å²) in [6.07, 6.45) is 3.61. The van der Waals surface area contributed by atoms with E-state index in [9.17, 15) is 5.26 Å². The molecular formula is C27H30N8O. The van der Waals surface area contributed by atoms with Crippen molar-refractivity contribution in [3.63, 3.8) is 0 Å². The minimum atomic E-state index is 0.406. The monoisotopic (exact) mass is 482 g/mol. The SMILES string of the molecule is Cc1cc(N(C)CCN(C)C)c(N)cc1Nc1ncc(C#N)c(-c2cn3c4c(cccc24)OCC3)n1. The van der Waals surface area contributed by atoms with Crippen molar-refractivity contribution in [2.75, 3.05) is 56.8 Å². The number of anilines is 4. The number of nitrogens with two attached hydrogens (primary N) is 1. The van der Waals surface area contributed by atoms with E-state index in [1.54, 1.807) is 6.20 Å². The fraction of sp³-hybridized carbons (Fsp3) is 0.296. The second kappa shape index (κ2) is 9.40. The van der Waals surface area contributed by atoms with Gasteiger partial charge in [0, 0.05) is 43.0 Å². The van der Waals surface area contributed by atoms with Crippen LogP contribution in [0.3, 0.4) is 0 Å². The Balaban J connectivity index is 1.49. The topological polar surface area (TPSA) is 108 Å². The van der Waals surface area contributed by atoms with E-state index < -0.39 is 0 Å². The molecule has 0 saturated carbocycles. The van der Waals surface area contributed by atoms with Gasteiger partial charge in [0.15, 0.2) is 0 Å². The Kier molecular flexibility index (Phi) is 6.12. The van der Waals surface area contributed by atoms with Crippen LogP contribution in [0, 0.1) is 18.3 Å². The number of para-hydroxylation sites is 1. The number of hydrogen-bond acceptors (Lipinski definition) is 8. The summed E-state index contributed by atoms with van der Waals surface area (Å²) in [4.78, 5) is 13.5. The highest BCUT2D eigenvalue weighted by Gasteiger charge is 2.21. The fourth-order valence-electron chi connectivity index (χ4n) is 4.56. The molecule has 0 aliphatic carbocycles. The van der Waals surface area contributed by atoms with E-state index in [2.05, 4.69) is 50.9 Å². The van der Waals surface area contributed by atoms with Crippen molar-refractivity contribution in [2.45, 2.75) is 13.5 Å². The number of aromatic nitrogens is 3. The van der Waals surface area contributed by atoms with E-state index >= 15 is 0 Å². The highest BCUT2D eigenvalue weighted by atomic mass is 16.5. The molecule has 0 atom stereocenters. The summed E-state index contributed by atoms with van der Waals surface area (Å²) < 4.78 is 8.00. The van der Waals surface area contributed by atoms with Gasteiger partial charge in [-0.1, -0.05) is 12.1 Å². The number of likely N-dealkylation sites (N-methyl/N-ethyl adjacent to an activating group) is 2. The van der Waals surface area contributed by atoms with Crippen molar-refractivity contribution in [1.82, 2.24) is 19.4 Å². The van der Waals surface area contributed by atoms with Gasteiger partial charge in [-0.3, -0.25) is 0 Å². The lowest BCUT2D eigenvalue weighted by atomic mass is 10.1. The van der Waals surface area contributed by atoms with Crippen LogP contribution >= 0.6 is 0 Å². The molecule has 184 valence electrons. The first kappa shape index (κ1) is 23.5. The van der Waals surface area contributed by atoms with Crippen molar-refractivity contribution in [1.29, 1.82) is 5.26 Å². The van der Waals surface area contributed by atoms with Crippen LogP contribution in [0.2, 0.25) is 0 Å². The maximum atomic E-state index is 9.80. The van der Waals surface area contributed by atoms with E-state index in [4.69, 9.17) is 15.5 Å². The third kappa shape index (κ3) is 4.27. The Morgan fingerprint density at radius 1 is 1.22 bits per heavy atom. The van der Waals surface area contributed by atoms with Gasteiger partial charge in [0.1, 0.15) is 18.4 Å². The van der Waals surface area contributed by atoms with E-state index in [0.29, 0.717) is 29.5 Å². The molecule has 2 aromatic carbocycles. The average Bonchev–Trinajstić information content (AvgIpc) is 3.25. The maximum absolute atomic E-state index is 9.80. The van der Waals surface area contributed by atoms with Crippen molar-refractivity contribution >= 4 is 33.9 Å². The number of nitrogens with one attached hydrogen (secondary N) is 1. The second-order valence-electron chi connectivity index (χ2n) is 9.38. The zero-order valence-corrected chi connectivity index (χ0v) is 21.0. The van der Waals surface area contributed by atoms with E-state index in [1.165, 1.54) is 0 Å². The summed E-state index contributed by atoms with van der Waals surface area (Å²) in [5, 5.41) is 14.1. The van der Waals surface area contributed by atoms with Gasteiger partial charge in [-0.25, -0.2) is 9.97 Å². The van der Waals surface area contributed by atoms with Gasteiger partial charge >= 0.3 is 0 Å². The number of ether oxygens (including phenoxy) is 1. The van der Waals surface area contributed by atoms with Crippen LogP contribution in [0.1, 0.15) is 11.1 Å². The predicted molar refractivity (Wildman–Crippen MR) is 144 cm³/mol. The summed E-state index contributed by atoms with van der Waals surface area (Å²) in [7, 11) is 6.15. The molecule has 0 saturated heterocycles. The third-order valence-corrected chi connectivity index (χ3v) is 6.53. The Hall–Kier alpha value is -4.29. The normalized spacial score (nSPS) is 12.4. The number of nitrogen functional groups attached to an aromatic ring is 1. The Bertz CT molecular complexity index is 1480. The fourth-order valence-corrected chi connectivity index (χ4v) is 4.56. The highest BCUT2D eigenvalue weighted by Crippen LogP contribution is 2.38. The van der Waals surface area contributed by atoms with Crippen LogP contribution in [0.5, 0.6) is 5.75 Å². The second-order valence-corrected chi connectivity index (χ2v) is 9.38. The lowest BCUT2D eigenvalue weighted by Crippen LogP contribution is -2.29. The first-order valence-electron chi connectivity index (χ1n) is 11.9.